The van der Waals surface area contributed by atoms with Gasteiger partial charge in [0.25, 0.3) is 0 Å². The topological polar surface area (TPSA) is 96.3 Å². The summed E-state index contributed by atoms with van der Waals surface area (Å²) in [7, 11) is 1.83. The number of hydrogen-bond acceptors (Lipinski definition) is 3. The monoisotopic (exact) mass is 282 g/mol. The lowest BCUT2D eigenvalue weighted by atomic mass is 10.1. The minimum atomic E-state index is -1.00. The zero-order valence-corrected chi connectivity index (χ0v) is 11.9. The molecule has 1 aromatic heterocycles. The lowest BCUT2D eigenvalue weighted by Crippen LogP contribution is -2.46. The number of carbonyl (C=O) groups is 2. The molecule has 0 saturated carbocycles. The highest BCUT2D eigenvalue weighted by molar-refractivity contribution is 5.82. The summed E-state index contributed by atoms with van der Waals surface area (Å²) in [5, 5.41) is 18.3. The number of nitrogens with one attached hydrogen (secondary N) is 2. The summed E-state index contributed by atoms with van der Waals surface area (Å²) < 4.78 is 1.70. The van der Waals surface area contributed by atoms with E-state index in [1.165, 1.54) is 0 Å². The molecule has 0 aliphatic heterocycles. The van der Waals surface area contributed by atoms with Gasteiger partial charge in [0.15, 0.2) is 0 Å². The Morgan fingerprint density at radius 3 is 2.80 bits per heavy atom. The van der Waals surface area contributed by atoms with Crippen molar-refractivity contribution in [3.63, 3.8) is 0 Å². The summed E-state index contributed by atoms with van der Waals surface area (Å²) >= 11 is 0. The molecular weight excluding hydrogens is 260 g/mol. The molecule has 7 nitrogen and oxygen atoms in total. The Bertz CT molecular complexity index is 445. The van der Waals surface area contributed by atoms with Gasteiger partial charge >= 0.3 is 12.0 Å². The van der Waals surface area contributed by atoms with E-state index in [2.05, 4.69) is 15.7 Å². The van der Waals surface area contributed by atoms with E-state index in [1.54, 1.807) is 4.68 Å². The van der Waals surface area contributed by atoms with Crippen molar-refractivity contribution in [3.05, 3.63) is 18.0 Å². The Labute approximate surface area is 118 Å². The second-order valence-electron chi connectivity index (χ2n) is 4.66. The van der Waals surface area contributed by atoms with Gasteiger partial charge in [-0.05, 0) is 12.5 Å². The molecule has 0 saturated heterocycles. The van der Waals surface area contributed by atoms with Crippen LogP contribution in [0.2, 0.25) is 0 Å². The molecule has 0 fully saturated rings. The number of aromatic nitrogens is 2. The van der Waals surface area contributed by atoms with Crippen LogP contribution in [0.4, 0.5) is 4.79 Å². The van der Waals surface area contributed by atoms with Crippen LogP contribution in [-0.2, 0) is 18.3 Å². The van der Waals surface area contributed by atoms with Gasteiger partial charge in [0.2, 0.25) is 0 Å². The Hall–Kier alpha value is -2.05. The van der Waals surface area contributed by atoms with Crippen molar-refractivity contribution in [2.75, 3.05) is 6.54 Å². The van der Waals surface area contributed by atoms with Crippen LogP contribution in [0.1, 0.15) is 31.9 Å². The summed E-state index contributed by atoms with van der Waals surface area (Å²) in [5.74, 6) is -1.00. The van der Waals surface area contributed by atoms with E-state index in [-0.39, 0.29) is 0 Å². The van der Waals surface area contributed by atoms with Crippen LogP contribution in [0.3, 0.4) is 0 Å². The van der Waals surface area contributed by atoms with Gasteiger partial charge in [0.05, 0.1) is 5.69 Å². The van der Waals surface area contributed by atoms with Crippen LogP contribution in [-0.4, -0.2) is 39.5 Å². The molecule has 0 radical (unpaired) electrons. The largest absolute Gasteiger partial charge is 0.480 e. The molecule has 112 valence electrons. The van der Waals surface area contributed by atoms with E-state index in [4.69, 9.17) is 5.11 Å². The van der Waals surface area contributed by atoms with Crippen LogP contribution >= 0.6 is 0 Å². The van der Waals surface area contributed by atoms with E-state index < -0.39 is 18.0 Å². The van der Waals surface area contributed by atoms with Crippen LogP contribution in [0.15, 0.2) is 12.3 Å². The average Bonchev–Trinajstić information content (AvgIpc) is 2.80. The molecule has 2 amide bonds. The van der Waals surface area contributed by atoms with Crippen molar-refractivity contribution in [2.45, 2.75) is 38.6 Å². The third-order valence-electron chi connectivity index (χ3n) is 2.89. The molecule has 0 aromatic carbocycles. The maximum atomic E-state index is 11.6. The molecule has 0 aliphatic rings. The minimum absolute atomic E-state index is 0.420. The predicted molar refractivity (Wildman–Crippen MR) is 74.4 cm³/mol. The molecule has 3 N–H and O–H groups in total. The molecule has 20 heavy (non-hydrogen) atoms. The number of rotatable bonds is 8. The number of amides is 2. The Balaban J connectivity index is 2.28. The van der Waals surface area contributed by atoms with E-state index in [1.807, 2.05) is 26.2 Å². The smallest absolute Gasteiger partial charge is 0.326 e. The number of carboxylic acid groups (broad SMARTS) is 1. The van der Waals surface area contributed by atoms with Crippen molar-refractivity contribution >= 4 is 12.0 Å². The Morgan fingerprint density at radius 1 is 1.50 bits per heavy atom. The number of urea groups is 1. The molecule has 1 atom stereocenters. The maximum absolute atomic E-state index is 11.6. The number of nitrogens with zero attached hydrogens (tertiary/aromatic N) is 2. The number of unbranched alkanes of at least 4 members (excludes halogenated alkanes) is 1. The number of carbonyl (C=O) groups excluding carboxylic acids is 1. The fourth-order valence-corrected chi connectivity index (χ4v) is 1.78. The van der Waals surface area contributed by atoms with Crippen LogP contribution in [0, 0.1) is 0 Å². The van der Waals surface area contributed by atoms with Crippen molar-refractivity contribution in [2.24, 2.45) is 7.05 Å². The quantitative estimate of drug-likeness (QED) is 0.660. The molecule has 0 bridgehead atoms. The standard InChI is InChI=1S/C13H22N4O3/c1-3-4-5-11(12(18)19)15-13(20)14-8-6-10-7-9-17(2)16-10/h7,9,11H,3-6,8H2,1-2H3,(H,18,19)(H2,14,15,20). The first-order valence-corrected chi connectivity index (χ1v) is 6.78. The minimum Gasteiger partial charge on any atom is -0.480 e. The highest BCUT2D eigenvalue weighted by Gasteiger charge is 2.18. The summed E-state index contributed by atoms with van der Waals surface area (Å²) in [6.07, 6.45) is 4.55. The van der Waals surface area contributed by atoms with Gasteiger partial charge in [-0.25, -0.2) is 9.59 Å². The lowest BCUT2D eigenvalue weighted by molar-refractivity contribution is -0.139. The number of aliphatic carboxylic acids is 1. The SMILES string of the molecule is CCCCC(NC(=O)NCCc1ccn(C)n1)C(=O)O. The summed E-state index contributed by atoms with van der Waals surface area (Å²) in [4.78, 5) is 22.6. The zero-order valence-electron chi connectivity index (χ0n) is 11.9. The van der Waals surface area contributed by atoms with Gasteiger partial charge in [-0.3, -0.25) is 4.68 Å². The van der Waals surface area contributed by atoms with Crippen LogP contribution in [0.25, 0.3) is 0 Å². The molecule has 0 spiro atoms. The first-order chi connectivity index (χ1) is 9.52. The van der Waals surface area contributed by atoms with Gasteiger partial charge in [0.1, 0.15) is 6.04 Å². The van der Waals surface area contributed by atoms with Gasteiger partial charge < -0.3 is 15.7 Å². The Morgan fingerprint density at radius 2 is 2.25 bits per heavy atom. The van der Waals surface area contributed by atoms with Crippen LogP contribution < -0.4 is 10.6 Å². The summed E-state index contributed by atoms with van der Waals surface area (Å²) in [6, 6.07) is 0.593. The third kappa shape index (κ3) is 5.73. The Kier molecular flexibility index (Phi) is 6.55. The summed E-state index contributed by atoms with van der Waals surface area (Å²) in [5.41, 5.74) is 0.883. The van der Waals surface area contributed by atoms with Gasteiger partial charge in [-0.15, -0.1) is 0 Å². The van der Waals surface area contributed by atoms with E-state index in [0.29, 0.717) is 19.4 Å². The second kappa shape index (κ2) is 8.19. The molecule has 1 rings (SSSR count). The fourth-order valence-electron chi connectivity index (χ4n) is 1.78. The van der Waals surface area contributed by atoms with Crippen LogP contribution in [0.5, 0.6) is 0 Å². The van der Waals surface area contributed by atoms with Gasteiger partial charge in [-0.1, -0.05) is 19.8 Å². The zero-order chi connectivity index (χ0) is 15.0. The van der Waals surface area contributed by atoms with E-state index in [9.17, 15) is 9.59 Å². The lowest BCUT2D eigenvalue weighted by Gasteiger charge is -2.14. The van der Waals surface area contributed by atoms with Crippen molar-refractivity contribution in [1.29, 1.82) is 0 Å². The van der Waals surface area contributed by atoms with Gasteiger partial charge in [-0.2, -0.15) is 5.10 Å². The van der Waals surface area contributed by atoms with E-state index >= 15 is 0 Å². The number of hydrogen-bond donors (Lipinski definition) is 3. The molecule has 1 unspecified atom stereocenters. The fraction of sp³-hybridized carbons (Fsp3) is 0.615. The third-order valence-corrected chi connectivity index (χ3v) is 2.89. The first-order valence-electron chi connectivity index (χ1n) is 6.78. The average molecular weight is 282 g/mol. The molecule has 7 heteroatoms. The van der Waals surface area contributed by atoms with Crippen molar-refractivity contribution in [3.8, 4) is 0 Å². The first kappa shape index (κ1) is 16.0. The normalized spacial score (nSPS) is 11.9. The van der Waals surface area contributed by atoms with Crippen molar-refractivity contribution < 1.29 is 14.7 Å². The molecule has 0 aliphatic carbocycles. The summed E-state index contributed by atoms with van der Waals surface area (Å²) in [6.45, 7) is 2.40. The van der Waals surface area contributed by atoms with Gasteiger partial charge in [0, 0.05) is 26.2 Å². The molecule has 1 aromatic rings. The highest BCUT2D eigenvalue weighted by Crippen LogP contribution is 2.00. The van der Waals surface area contributed by atoms with Crippen molar-refractivity contribution in [1.82, 2.24) is 20.4 Å². The highest BCUT2D eigenvalue weighted by atomic mass is 16.4. The maximum Gasteiger partial charge on any atom is 0.326 e. The van der Waals surface area contributed by atoms with E-state index in [0.717, 1.165) is 18.5 Å². The number of aryl methyl sites for hydroxylation is 1. The predicted octanol–water partition coefficient (Wildman–Crippen LogP) is 0.905. The molecule has 1 heterocycles. The number of carboxylic acids is 1. The second-order valence-corrected chi connectivity index (χ2v) is 4.66. The molecular formula is C13H22N4O3.